The Kier molecular flexibility index (Phi) is 3.42. The van der Waals surface area contributed by atoms with Crippen LogP contribution >= 0.6 is 0 Å². The molecule has 3 rings (SSSR count). The van der Waals surface area contributed by atoms with Crippen molar-refractivity contribution in [2.45, 2.75) is 6.54 Å². The molecule has 1 fully saturated rings. The summed E-state index contributed by atoms with van der Waals surface area (Å²) in [6.07, 6.45) is 0. The van der Waals surface area contributed by atoms with Gasteiger partial charge in [0.05, 0.1) is 11.0 Å². The predicted octanol–water partition coefficient (Wildman–Crippen LogP) is -0.0290. The molecule has 2 heterocycles. The number of aromatic amines is 2. The second-order valence-electron chi connectivity index (χ2n) is 4.85. The summed E-state index contributed by atoms with van der Waals surface area (Å²) >= 11 is 0. The smallest absolute Gasteiger partial charge is 0.323 e. The number of hydrogen-bond acceptors (Lipinski definition) is 3. The quantitative estimate of drug-likeness (QED) is 0.620. The Balaban J connectivity index is 1.64. The van der Waals surface area contributed by atoms with Crippen molar-refractivity contribution in [2.75, 3.05) is 26.2 Å². The first-order valence-electron chi connectivity index (χ1n) is 6.67. The number of imidazole rings is 1. The van der Waals surface area contributed by atoms with Crippen LogP contribution in [0.2, 0.25) is 0 Å². The van der Waals surface area contributed by atoms with E-state index in [-0.39, 0.29) is 11.7 Å². The second kappa shape index (κ2) is 5.38. The van der Waals surface area contributed by atoms with Crippen LogP contribution in [-0.2, 0) is 6.54 Å². The van der Waals surface area contributed by atoms with Gasteiger partial charge in [0.1, 0.15) is 0 Å². The highest BCUT2D eigenvalue weighted by Gasteiger charge is 2.15. The van der Waals surface area contributed by atoms with Gasteiger partial charge in [-0.2, -0.15) is 0 Å². The minimum atomic E-state index is -0.220. The molecular formula is C13H17N5O2. The summed E-state index contributed by atoms with van der Waals surface area (Å²) in [5.74, 6) is 0. The number of carbonyl (C=O) groups is 1. The van der Waals surface area contributed by atoms with Gasteiger partial charge in [0.25, 0.3) is 0 Å². The summed E-state index contributed by atoms with van der Waals surface area (Å²) in [5, 5.41) is 6.10. The zero-order valence-corrected chi connectivity index (χ0v) is 11.0. The van der Waals surface area contributed by atoms with Crippen LogP contribution in [0.3, 0.4) is 0 Å². The molecule has 1 aliphatic heterocycles. The Labute approximate surface area is 115 Å². The van der Waals surface area contributed by atoms with Crippen LogP contribution in [0.15, 0.2) is 23.0 Å². The maximum atomic E-state index is 12.0. The van der Waals surface area contributed by atoms with Gasteiger partial charge in [-0.15, -0.1) is 0 Å². The first-order valence-corrected chi connectivity index (χ1v) is 6.67. The standard InChI is InChI=1S/C13H17N5O2/c19-12-16-10-2-1-9(7-11(10)17-12)8-15-13(20)18-5-3-14-4-6-18/h1-2,7,14H,3-6,8H2,(H,15,20)(H2,16,17,19). The van der Waals surface area contributed by atoms with E-state index in [0.29, 0.717) is 6.54 Å². The van der Waals surface area contributed by atoms with Crippen molar-refractivity contribution in [2.24, 2.45) is 0 Å². The van der Waals surface area contributed by atoms with Gasteiger partial charge in [-0.25, -0.2) is 9.59 Å². The SMILES string of the molecule is O=C(NCc1ccc2[nH]c(=O)[nH]c2c1)N1CCNCC1. The highest BCUT2D eigenvalue weighted by atomic mass is 16.2. The van der Waals surface area contributed by atoms with Gasteiger partial charge in [-0.3, -0.25) is 0 Å². The van der Waals surface area contributed by atoms with Crippen molar-refractivity contribution < 1.29 is 4.79 Å². The maximum Gasteiger partial charge on any atom is 0.323 e. The molecule has 4 N–H and O–H groups in total. The Morgan fingerprint density at radius 3 is 2.75 bits per heavy atom. The van der Waals surface area contributed by atoms with Crippen LogP contribution in [0, 0.1) is 0 Å². The Bertz CT molecular complexity index is 669. The van der Waals surface area contributed by atoms with E-state index in [1.165, 1.54) is 0 Å². The first kappa shape index (κ1) is 12.7. The lowest BCUT2D eigenvalue weighted by atomic mass is 10.2. The molecule has 1 aromatic heterocycles. The van der Waals surface area contributed by atoms with E-state index in [4.69, 9.17) is 0 Å². The zero-order chi connectivity index (χ0) is 13.9. The fourth-order valence-corrected chi connectivity index (χ4v) is 2.35. The number of H-pyrrole nitrogens is 2. The van der Waals surface area contributed by atoms with Gasteiger partial charge in [-0.05, 0) is 17.7 Å². The molecule has 0 aliphatic carbocycles. The molecule has 0 radical (unpaired) electrons. The van der Waals surface area contributed by atoms with Crippen molar-refractivity contribution in [1.82, 2.24) is 25.5 Å². The Morgan fingerprint density at radius 2 is 1.95 bits per heavy atom. The number of nitrogens with zero attached hydrogens (tertiary/aromatic N) is 1. The molecule has 0 saturated carbocycles. The third-order valence-electron chi connectivity index (χ3n) is 3.43. The van der Waals surface area contributed by atoms with E-state index >= 15 is 0 Å². The van der Waals surface area contributed by atoms with Crippen molar-refractivity contribution in [3.63, 3.8) is 0 Å². The molecule has 0 unspecified atom stereocenters. The van der Waals surface area contributed by atoms with E-state index in [9.17, 15) is 9.59 Å². The molecule has 1 saturated heterocycles. The molecule has 0 bridgehead atoms. The van der Waals surface area contributed by atoms with Gasteiger partial charge in [0.2, 0.25) is 0 Å². The van der Waals surface area contributed by atoms with Gasteiger partial charge in [0, 0.05) is 32.7 Å². The molecule has 20 heavy (non-hydrogen) atoms. The van der Waals surface area contributed by atoms with Gasteiger partial charge in [-0.1, -0.05) is 6.07 Å². The number of carbonyl (C=O) groups excluding carboxylic acids is 1. The highest BCUT2D eigenvalue weighted by molar-refractivity contribution is 5.76. The van der Waals surface area contributed by atoms with Crippen LogP contribution in [0.4, 0.5) is 4.79 Å². The average molecular weight is 275 g/mol. The third-order valence-corrected chi connectivity index (χ3v) is 3.43. The largest absolute Gasteiger partial charge is 0.334 e. The molecular weight excluding hydrogens is 258 g/mol. The average Bonchev–Trinajstić information content (AvgIpc) is 2.85. The molecule has 2 aromatic rings. The summed E-state index contributed by atoms with van der Waals surface area (Å²) in [4.78, 5) is 30.3. The number of urea groups is 1. The summed E-state index contributed by atoms with van der Waals surface area (Å²) in [7, 11) is 0. The van der Waals surface area contributed by atoms with Crippen molar-refractivity contribution in [3.05, 3.63) is 34.2 Å². The minimum absolute atomic E-state index is 0.0471. The van der Waals surface area contributed by atoms with Crippen LogP contribution in [0.25, 0.3) is 11.0 Å². The number of amides is 2. The molecule has 2 amide bonds. The van der Waals surface area contributed by atoms with Crippen molar-refractivity contribution >= 4 is 17.1 Å². The second-order valence-corrected chi connectivity index (χ2v) is 4.85. The van der Waals surface area contributed by atoms with E-state index < -0.39 is 0 Å². The zero-order valence-electron chi connectivity index (χ0n) is 11.0. The lowest BCUT2D eigenvalue weighted by Gasteiger charge is -2.27. The number of rotatable bonds is 2. The van der Waals surface area contributed by atoms with Gasteiger partial charge in [0.15, 0.2) is 0 Å². The molecule has 7 heteroatoms. The van der Waals surface area contributed by atoms with Crippen LogP contribution in [0.1, 0.15) is 5.56 Å². The lowest BCUT2D eigenvalue weighted by molar-refractivity contribution is 0.190. The molecule has 7 nitrogen and oxygen atoms in total. The fraction of sp³-hybridized carbons (Fsp3) is 0.385. The fourth-order valence-electron chi connectivity index (χ4n) is 2.35. The molecule has 0 atom stereocenters. The van der Waals surface area contributed by atoms with E-state index in [0.717, 1.165) is 42.8 Å². The van der Waals surface area contributed by atoms with E-state index in [2.05, 4.69) is 20.6 Å². The number of hydrogen-bond donors (Lipinski definition) is 4. The summed E-state index contributed by atoms with van der Waals surface area (Å²) < 4.78 is 0. The van der Waals surface area contributed by atoms with Crippen LogP contribution in [0.5, 0.6) is 0 Å². The number of nitrogens with one attached hydrogen (secondary N) is 4. The Morgan fingerprint density at radius 1 is 1.20 bits per heavy atom. The number of piperazine rings is 1. The summed E-state index contributed by atoms with van der Waals surface area (Å²) in [6, 6.07) is 5.55. The van der Waals surface area contributed by atoms with Crippen LogP contribution in [-0.4, -0.2) is 47.1 Å². The van der Waals surface area contributed by atoms with Crippen molar-refractivity contribution in [3.8, 4) is 0 Å². The van der Waals surface area contributed by atoms with Crippen LogP contribution < -0.4 is 16.3 Å². The minimum Gasteiger partial charge on any atom is -0.334 e. The first-order chi connectivity index (χ1) is 9.72. The third kappa shape index (κ3) is 2.67. The number of aromatic nitrogens is 2. The number of benzene rings is 1. The molecule has 1 aliphatic rings. The molecule has 1 aromatic carbocycles. The highest BCUT2D eigenvalue weighted by Crippen LogP contribution is 2.10. The van der Waals surface area contributed by atoms with Crippen molar-refractivity contribution in [1.29, 1.82) is 0 Å². The van der Waals surface area contributed by atoms with Gasteiger partial charge >= 0.3 is 11.7 Å². The number of fused-ring (bicyclic) bond motifs is 1. The summed E-state index contributed by atoms with van der Waals surface area (Å²) in [6.45, 7) is 3.59. The molecule has 0 spiro atoms. The summed E-state index contributed by atoms with van der Waals surface area (Å²) in [5.41, 5.74) is 2.26. The maximum absolute atomic E-state index is 12.0. The Hall–Kier alpha value is -2.28. The predicted molar refractivity (Wildman–Crippen MR) is 75.6 cm³/mol. The van der Waals surface area contributed by atoms with Gasteiger partial charge < -0.3 is 25.5 Å². The topological polar surface area (TPSA) is 93.0 Å². The molecule has 106 valence electrons. The lowest BCUT2D eigenvalue weighted by Crippen LogP contribution is -2.50. The monoisotopic (exact) mass is 275 g/mol. The normalized spacial score (nSPS) is 15.5. The van der Waals surface area contributed by atoms with E-state index in [1.54, 1.807) is 4.90 Å². The van der Waals surface area contributed by atoms with E-state index in [1.807, 2.05) is 18.2 Å².